The van der Waals surface area contributed by atoms with Crippen LogP contribution in [0.25, 0.3) is 21.8 Å². The molecule has 4 aromatic rings. The van der Waals surface area contributed by atoms with Gasteiger partial charge in [-0.25, -0.2) is 37.5 Å². The van der Waals surface area contributed by atoms with Crippen molar-refractivity contribution < 1.29 is 72.6 Å². The van der Waals surface area contributed by atoms with Crippen molar-refractivity contribution in [2.45, 2.75) is 23.3 Å². The van der Waals surface area contributed by atoms with Crippen molar-refractivity contribution in [3.63, 3.8) is 0 Å². The Kier molecular flexibility index (Phi) is 9.29. The van der Waals surface area contributed by atoms with Gasteiger partial charge in [0.25, 0.3) is 26.9 Å². The molecule has 1 amide bonds. The minimum absolute atomic E-state index is 0.0428. The highest BCUT2D eigenvalue weighted by Gasteiger charge is 2.83. The third-order valence-electron chi connectivity index (χ3n) is 7.84. The average Bonchev–Trinajstić information content (AvgIpc) is 3.13. The first-order valence-corrected chi connectivity index (χ1v) is 15.3. The van der Waals surface area contributed by atoms with E-state index in [4.69, 9.17) is 10.8 Å². The highest BCUT2D eigenvalue weighted by atomic mass is 32.2. The van der Waals surface area contributed by atoms with E-state index in [9.17, 15) is 43.4 Å². The summed E-state index contributed by atoms with van der Waals surface area (Å²) in [7, 11) is -5.90. The Hall–Kier alpha value is -6.35. The topological polar surface area (TPSA) is 290 Å². The van der Waals surface area contributed by atoms with Gasteiger partial charge in [-0.2, -0.15) is 20.1 Å². The van der Waals surface area contributed by atoms with Gasteiger partial charge in [0.05, 0.1) is 21.5 Å². The summed E-state index contributed by atoms with van der Waals surface area (Å²) in [6, 6.07) is 16.5. The van der Waals surface area contributed by atoms with Gasteiger partial charge < -0.3 is 5.41 Å². The van der Waals surface area contributed by atoms with Crippen LogP contribution < -0.4 is 0 Å². The lowest BCUT2D eigenvalue weighted by atomic mass is 9.64. The van der Waals surface area contributed by atoms with Gasteiger partial charge in [-0.3, -0.25) is 29.8 Å². The van der Waals surface area contributed by atoms with E-state index >= 15 is 4.79 Å². The van der Waals surface area contributed by atoms with Crippen LogP contribution in [0, 0.1) is 16.2 Å². The van der Waals surface area contributed by atoms with Gasteiger partial charge in [0.1, 0.15) is 0 Å². The predicted molar refractivity (Wildman–Crippen MR) is 162 cm³/mol. The Morgan fingerprint density at radius 2 is 1.30 bits per heavy atom. The molecule has 0 radical (unpaired) electrons. The quantitative estimate of drug-likeness (QED) is 0.0576. The second-order valence-corrected chi connectivity index (χ2v) is 12.1. The summed E-state index contributed by atoms with van der Waals surface area (Å²) in [5.41, 5.74) is -11.3. The maximum atomic E-state index is 15.2. The van der Waals surface area contributed by atoms with Gasteiger partial charge in [-0.05, 0) is 30.7 Å². The number of hydrogen-bond acceptors (Lipinski definition) is 18. The summed E-state index contributed by atoms with van der Waals surface area (Å²) in [6.45, 7) is 0. The molecule has 1 aliphatic rings. The fraction of sp³-hybridized carbons (Fsp3) is 0.133. The maximum Gasteiger partial charge on any atom is 0.382 e. The summed E-state index contributed by atoms with van der Waals surface area (Å²) < 4.78 is 28.9. The van der Waals surface area contributed by atoms with Crippen molar-refractivity contribution in [3.8, 4) is 0 Å². The highest BCUT2D eigenvalue weighted by molar-refractivity contribution is 7.89. The third-order valence-corrected chi connectivity index (χ3v) is 9.63. The van der Waals surface area contributed by atoms with Crippen LogP contribution in [0.1, 0.15) is 23.2 Å². The third kappa shape index (κ3) is 5.06. The SMILES string of the molecule is N=C1CCC(=N)C(C(=O)OO)(C(C(=O)OO)(C(=O)OO)N(C(=O)c2c3ccccc3nc3ccccc23)S(=O)(=O)c2ccccc2)C(=O)OO1. The summed E-state index contributed by atoms with van der Waals surface area (Å²) in [4.78, 5) is 94.8. The van der Waals surface area contributed by atoms with Gasteiger partial charge in [0.2, 0.25) is 5.90 Å². The summed E-state index contributed by atoms with van der Waals surface area (Å²) in [6.07, 6.45) is -1.82. The summed E-state index contributed by atoms with van der Waals surface area (Å²) in [5.74, 6) is -13.3. The molecule has 50 heavy (non-hydrogen) atoms. The molecule has 0 aliphatic carbocycles. The first kappa shape index (κ1) is 35.0. The molecule has 1 aromatic heterocycles. The molecule has 1 saturated heterocycles. The molecule has 0 bridgehead atoms. The second-order valence-electron chi connectivity index (χ2n) is 10.4. The number of nitrogens with one attached hydrogen (secondary N) is 2. The zero-order valence-corrected chi connectivity index (χ0v) is 25.8. The molecule has 258 valence electrons. The molecule has 20 heteroatoms. The van der Waals surface area contributed by atoms with Crippen molar-refractivity contribution in [1.29, 1.82) is 10.8 Å². The molecule has 5 N–H and O–H groups in total. The first-order valence-electron chi connectivity index (χ1n) is 13.9. The molecule has 2 heterocycles. The monoisotopic (exact) mass is 710 g/mol. The van der Waals surface area contributed by atoms with Crippen LogP contribution in [0.4, 0.5) is 0 Å². The lowest BCUT2D eigenvalue weighted by molar-refractivity contribution is -0.281. The average molecular weight is 711 g/mol. The van der Waals surface area contributed by atoms with E-state index in [0.29, 0.717) is 0 Å². The zero-order valence-electron chi connectivity index (χ0n) is 25.0. The van der Waals surface area contributed by atoms with Gasteiger partial charge in [-0.15, -0.1) is 0 Å². The Labute approximate surface area is 278 Å². The smallest absolute Gasteiger partial charge is 0.308 e. The van der Waals surface area contributed by atoms with Crippen molar-refractivity contribution >= 4 is 73.2 Å². The van der Waals surface area contributed by atoms with E-state index in [0.717, 1.165) is 24.3 Å². The van der Waals surface area contributed by atoms with Crippen LogP contribution in [-0.2, 0) is 53.6 Å². The highest BCUT2D eigenvalue weighted by Crippen LogP contribution is 2.48. The molecule has 19 nitrogen and oxygen atoms in total. The van der Waals surface area contributed by atoms with Gasteiger partial charge in [0.15, 0.2) is 0 Å². The molecule has 1 unspecified atom stereocenters. The summed E-state index contributed by atoms with van der Waals surface area (Å²) in [5, 5.41) is 45.6. The molecule has 1 aliphatic heterocycles. The van der Waals surface area contributed by atoms with Crippen LogP contribution >= 0.6 is 0 Å². The molecule has 3 aromatic carbocycles. The molecule has 5 rings (SSSR count). The van der Waals surface area contributed by atoms with Crippen LogP contribution in [-0.4, -0.2) is 80.4 Å². The minimum atomic E-state index is -5.90. The number of para-hydroxylation sites is 2. The van der Waals surface area contributed by atoms with Crippen molar-refractivity contribution in [1.82, 2.24) is 9.29 Å². The van der Waals surface area contributed by atoms with Gasteiger partial charge in [0, 0.05) is 22.9 Å². The lowest BCUT2D eigenvalue weighted by Gasteiger charge is -2.45. The van der Waals surface area contributed by atoms with Gasteiger partial charge in [-0.1, -0.05) is 54.6 Å². The Balaban J connectivity index is 2.08. The molecule has 0 saturated carbocycles. The summed E-state index contributed by atoms with van der Waals surface area (Å²) >= 11 is 0. The molecule has 0 spiro atoms. The Morgan fingerprint density at radius 1 is 0.780 bits per heavy atom. The number of hydrogen-bond donors (Lipinski definition) is 5. The second kappa shape index (κ2) is 13.3. The van der Waals surface area contributed by atoms with E-state index in [1.165, 1.54) is 54.6 Å². The number of rotatable bonds is 8. The van der Waals surface area contributed by atoms with E-state index in [1.807, 2.05) is 0 Å². The van der Waals surface area contributed by atoms with E-state index in [2.05, 4.69) is 29.4 Å². The zero-order chi connectivity index (χ0) is 36.4. The maximum absolute atomic E-state index is 15.2. The normalized spacial score (nSPS) is 16.7. The lowest BCUT2D eigenvalue weighted by Crippen LogP contribution is -2.79. The van der Waals surface area contributed by atoms with E-state index < -0.39 is 90.0 Å². The number of nitrogens with zero attached hydrogens (tertiary/aromatic N) is 2. The van der Waals surface area contributed by atoms with Crippen LogP contribution in [0.15, 0.2) is 83.8 Å². The van der Waals surface area contributed by atoms with Crippen LogP contribution in [0.2, 0.25) is 0 Å². The van der Waals surface area contributed by atoms with Crippen molar-refractivity contribution in [3.05, 3.63) is 84.4 Å². The van der Waals surface area contributed by atoms with E-state index in [-0.39, 0.29) is 21.8 Å². The number of amides is 1. The number of aromatic nitrogens is 1. The fourth-order valence-electron chi connectivity index (χ4n) is 5.68. The Morgan fingerprint density at radius 3 is 1.82 bits per heavy atom. The largest absolute Gasteiger partial charge is 0.382 e. The number of pyridine rings is 1. The molecular formula is C30H22N4O15S. The van der Waals surface area contributed by atoms with Crippen LogP contribution in [0.3, 0.4) is 0 Å². The molecule has 1 fully saturated rings. The number of sulfonamides is 1. The predicted octanol–water partition coefficient (Wildman–Crippen LogP) is 2.26. The standard InChI is InChI=1S/C30H22N4O15S/c31-21-14-15-22(32)48-49-26(37)29(21,25(36)45-40)30(27(38)46-41,28(39)47-42)34(50(43,44)16-8-2-1-3-9-16)24(35)23-17-10-4-6-12-19(17)33-20-13-7-5-11-18(20)23/h1-13,31-32,40-42H,14-15H2. The van der Waals surface area contributed by atoms with Crippen LogP contribution in [0.5, 0.6) is 0 Å². The van der Waals surface area contributed by atoms with E-state index in [1.54, 1.807) is 0 Å². The number of carbonyl (C=O) groups excluding carboxylic acids is 5. The number of carbonyl (C=O) groups is 5. The molecular weight excluding hydrogens is 688 g/mol. The number of benzene rings is 3. The number of fused-ring (bicyclic) bond motifs is 2. The first-order chi connectivity index (χ1) is 23.8. The fourth-order valence-corrected chi connectivity index (χ4v) is 7.35. The minimum Gasteiger partial charge on any atom is -0.308 e. The van der Waals surface area contributed by atoms with Gasteiger partial charge >= 0.3 is 23.9 Å². The van der Waals surface area contributed by atoms with Crippen molar-refractivity contribution in [2.24, 2.45) is 5.41 Å². The van der Waals surface area contributed by atoms with Crippen molar-refractivity contribution in [2.75, 3.05) is 0 Å². The Bertz CT molecular complexity index is 2120. The molecule has 1 atom stereocenters.